The van der Waals surface area contributed by atoms with Crippen LogP contribution in [0.1, 0.15) is 43.3 Å². The Morgan fingerprint density at radius 1 is 1.18 bits per heavy atom. The zero-order valence-corrected chi connectivity index (χ0v) is 20.9. The maximum absolute atomic E-state index is 12.7. The summed E-state index contributed by atoms with van der Waals surface area (Å²) in [4.78, 5) is 18.4. The second-order valence-electron chi connectivity index (χ2n) is 8.21. The van der Waals surface area contributed by atoms with Crippen molar-refractivity contribution in [1.29, 1.82) is 0 Å². The number of carbonyl (C=O) groups is 1. The smallest absolute Gasteiger partial charge is 0.256 e. The Morgan fingerprint density at radius 2 is 1.88 bits per heavy atom. The number of H-pyrrole nitrogens is 1. The van der Waals surface area contributed by atoms with Gasteiger partial charge in [-0.25, -0.2) is 8.42 Å². The molecule has 0 radical (unpaired) electrons. The van der Waals surface area contributed by atoms with Crippen LogP contribution in [-0.4, -0.2) is 50.1 Å². The number of likely N-dealkylation sites (N-methyl/N-ethyl adjacent to an activating group) is 1. The maximum Gasteiger partial charge on any atom is 0.256 e. The zero-order chi connectivity index (χ0) is 24.3. The van der Waals surface area contributed by atoms with Crippen molar-refractivity contribution in [2.75, 3.05) is 41.2 Å². The summed E-state index contributed by atoms with van der Waals surface area (Å²) in [5, 5.41) is 6.40. The van der Waals surface area contributed by atoms with E-state index in [4.69, 9.17) is 0 Å². The summed E-state index contributed by atoms with van der Waals surface area (Å²) in [7, 11) is -3.42. The van der Waals surface area contributed by atoms with Crippen LogP contribution >= 0.6 is 0 Å². The van der Waals surface area contributed by atoms with Gasteiger partial charge in [-0.2, -0.15) is 0 Å². The number of rotatable bonds is 9. The quantitative estimate of drug-likeness (QED) is 0.411. The highest BCUT2D eigenvalue weighted by atomic mass is 32.2. The monoisotopic (exact) mass is 471 g/mol. The lowest BCUT2D eigenvalue weighted by Crippen LogP contribution is -2.27. The number of hydrogen-bond donors (Lipinski definition) is 4. The first kappa shape index (κ1) is 24.6. The molecular weight excluding hydrogens is 438 g/mol. The standard InChI is InChI=1S/C24H33N5O3S/c1-7-17(14-29(8-2)9-3)26-23-15(4)22(25-16(23)5)13-20-19-12-18(28-33(6,31)32)10-11-21(19)27-24(20)30/h7,10-13,25-26,28H,8-9,14H2,1-6H3,(H,27,30)/b17-7-,20-13-. The fourth-order valence-corrected chi connectivity index (χ4v) is 4.47. The summed E-state index contributed by atoms with van der Waals surface area (Å²) in [6.07, 6.45) is 5.00. The van der Waals surface area contributed by atoms with Crippen LogP contribution in [0.2, 0.25) is 0 Å². The molecule has 3 rings (SSSR count). The molecule has 0 aliphatic carbocycles. The number of amides is 1. The van der Waals surface area contributed by atoms with Crippen LogP contribution in [0.25, 0.3) is 11.6 Å². The SMILES string of the molecule is C/C=C(/CN(CC)CC)Nc1c(C)[nH]c(/C=C2\C(=O)Nc3ccc(NS(C)(=O)=O)cc32)c1C. The summed E-state index contributed by atoms with van der Waals surface area (Å²) in [5.74, 6) is -0.224. The van der Waals surface area contributed by atoms with Crippen molar-refractivity contribution in [3.05, 3.63) is 52.5 Å². The van der Waals surface area contributed by atoms with Gasteiger partial charge in [0.2, 0.25) is 10.0 Å². The van der Waals surface area contributed by atoms with Crippen LogP contribution in [0.15, 0.2) is 30.0 Å². The molecule has 0 unspecified atom stereocenters. The van der Waals surface area contributed by atoms with Gasteiger partial charge in [0.1, 0.15) is 0 Å². The molecule has 0 saturated carbocycles. The van der Waals surface area contributed by atoms with Crippen LogP contribution in [0.3, 0.4) is 0 Å². The highest BCUT2D eigenvalue weighted by Crippen LogP contribution is 2.36. The van der Waals surface area contributed by atoms with Crippen molar-refractivity contribution in [2.24, 2.45) is 0 Å². The summed E-state index contributed by atoms with van der Waals surface area (Å²) in [5.41, 5.74) is 7.12. The van der Waals surface area contributed by atoms with E-state index in [2.05, 4.69) is 45.2 Å². The summed E-state index contributed by atoms with van der Waals surface area (Å²) in [6, 6.07) is 5.00. The second-order valence-corrected chi connectivity index (χ2v) is 9.96. The number of anilines is 3. The van der Waals surface area contributed by atoms with Gasteiger partial charge < -0.3 is 15.6 Å². The molecule has 0 saturated heterocycles. The Morgan fingerprint density at radius 3 is 2.48 bits per heavy atom. The number of sulfonamides is 1. The number of aromatic amines is 1. The largest absolute Gasteiger partial charge is 0.357 e. The Balaban J connectivity index is 1.94. The molecule has 0 fully saturated rings. The molecule has 8 nitrogen and oxygen atoms in total. The molecule has 0 atom stereocenters. The van der Waals surface area contributed by atoms with E-state index in [1.165, 1.54) is 0 Å². The second kappa shape index (κ2) is 9.84. The van der Waals surface area contributed by atoms with E-state index in [1.54, 1.807) is 18.2 Å². The van der Waals surface area contributed by atoms with E-state index < -0.39 is 10.0 Å². The van der Waals surface area contributed by atoms with Crippen molar-refractivity contribution in [2.45, 2.75) is 34.6 Å². The van der Waals surface area contributed by atoms with Gasteiger partial charge in [0.05, 0.1) is 17.5 Å². The predicted molar refractivity (Wildman–Crippen MR) is 137 cm³/mol. The zero-order valence-electron chi connectivity index (χ0n) is 20.1. The first-order chi connectivity index (χ1) is 15.6. The number of hydrogen-bond acceptors (Lipinski definition) is 5. The molecule has 2 heterocycles. The molecule has 1 aliphatic rings. The maximum atomic E-state index is 12.7. The molecule has 1 aromatic carbocycles. The minimum Gasteiger partial charge on any atom is -0.357 e. The number of fused-ring (bicyclic) bond motifs is 1. The van der Waals surface area contributed by atoms with Gasteiger partial charge >= 0.3 is 0 Å². The van der Waals surface area contributed by atoms with Crippen LogP contribution in [0.5, 0.6) is 0 Å². The van der Waals surface area contributed by atoms with E-state index in [0.717, 1.165) is 54.2 Å². The Labute approximate surface area is 196 Å². The number of benzene rings is 1. The number of nitrogens with zero attached hydrogens (tertiary/aromatic N) is 1. The van der Waals surface area contributed by atoms with Gasteiger partial charge in [0.15, 0.2) is 0 Å². The minimum absolute atomic E-state index is 0.224. The minimum atomic E-state index is -3.42. The average Bonchev–Trinajstić information content (AvgIpc) is 3.20. The van der Waals surface area contributed by atoms with Gasteiger partial charge in [-0.15, -0.1) is 0 Å². The molecule has 33 heavy (non-hydrogen) atoms. The lowest BCUT2D eigenvalue weighted by Gasteiger charge is -2.21. The highest BCUT2D eigenvalue weighted by molar-refractivity contribution is 7.92. The molecule has 1 amide bonds. The first-order valence-electron chi connectivity index (χ1n) is 11.0. The molecule has 1 aromatic heterocycles. The third-order valence-corrected chi connectivity index (χ3v) is 6.40. The van der Waals surface area contributed by atoms with E-state index >= 15 is 0 Å². The van der Waals surface area contributed by atoms with E-state index in [-0.39, 0.29) is 5.91 Å². The fraction of sp³-hybridized carbons (Fsp3) is 0.375. The fourth-order valence-electron chi connectivity index (χ4n) is 3.91. The number of allylic oxidation sites excluding steroid dienone is 1. The lowest BCUT2D eigenvalue weighted by atomic mass is 10.0. The number of aryl methyl sites for hydroxylation is 1. The summed E-state index contributed by atoms with van der Waals surface area (Å²) < 4.78 is 25.7. The number of carbonyl (C=O) groups excluding carboxylic acids is 1. The van der Waals surface area contributed by atoms with Gasteiger partial charge in [0.25, 0.3) is 5.91 Å². The first-order valence-corrected chi connectivity index (χ1v) is 12.9. The lowest BCUT2D eigenvalue weighted by molar-refractivity contribution is -0.110. The number of nitrogens with one attached hydrogen (secondary N) is 4. The number of aromatic nitrogens is 1. The normalized spacial score (nSPS) is 15.2. The third kappa shape index (κ3) is 5.66. The Hall–Kier alpha value is -3.04. The van der Waals surface area contributed by atoms with Crippen LogP contribution in [0.4, 0.5) is 17.1 Å². The van der Waals surface area contributed by atoms with Crippen molar-refractivity contribution in [3.8, 4) is 0 Å². The van der Waals surface area contributed by atoms with Gasteiger partial charge in [-0.3, -0.25) is 14.4 Å². The van der Waals surface area contributed by atoms with Crippen molar-refractivity contribution in [3.63, 3.8) is 0 Å². The average molecular weight is 472 g/mol. The van der Waals surface area contributed by atoms with Crippen molar-refractivity contribution < 1.29 is 13.2 Å². The molecule has 0 spiro atoms. The van der Waals surface area contributed by atoms with Crippen molar-refractivity contribution in [1.82, 2.24) is 9.88 Å². The van der Waals surface area contributed by atoms with E-state index in [0.29, 0.717) is 22.5 Å². The molecule has 4 N–H and O–H groups in total. The van der Waals surface area contributed by atoms with Crippen LogP contribution in [-0.2, 0) is 14.8 Å². The van der Waals surface area contributed by atoms with Gasteiger partial charge in [0, 0.05) is 40.6 Å². The molecule has 9 heteroatoms. The van der Waals surface area contributed by atoms with E-state index in [9.17, 15) is 13.2 Å². The molecule has 2 aromatic rings. The van der Waals surface area contributed by atoms with Crippen molar-refractivity contribution >= 4 is 44.6 Å². The Kier molecular flexibility index (Phi) is 7.34. The summed E-state index contributed by atoms with van der Waals surface area (Å²) in [6.45, 7) is 13.1. The highest BCUT2D eigenvalue weighted by Gasteiger charge is 2.25. The molecule has 1 aliphatic heterocycles. The van der Waals surface area contributed by atoms with Crippen LogP contribution < -0.4 is 15.4 Å². The molecule has 178 valence electrons. The predicted octanol–water partition coefficient (Wildman–Crippen LogP) is 4.15. The topological polar surface area (TPSA) is 106 Å². The summed E-state index contributed by atoms with van der Waals surface area (Å²) >= 11 is 0. The Bertz CT molecular complexity index is 1220. The molecule has 0 bridgehead atoms. The van der Waals surface area contributed by atoms with Gasteiger partial charge in [-0.1, -0.05) is 19.9 Å². The third-order valence-electron chi connectivity index (χ3n) is 5.79. The van der Waals surface area contributed by atoms with Gasteiger partial charge in [-0.05, 0) is 63.7 Å². The van der Waals surface area contributed by atoms with Crippen LogP contribution in [0, 0.1) is 13.8 Å². The van der Waals surface area contributed by atoms with E-state index in [1.807, 2.05) is 26.8 Å². The molecular formula is C24H33N5O3S.